The van der Waals surface area contributed by atoms with Gasteiger partial charge < -0.3 is 20.4 Å². The highest BCUT2D eigenvalue weighted by atomic mass is 16.2. The molecule has 5 heteroatoms. The quantitative estimate of drug-likeness (QED) is 0.822. The molecule has 2 amide bonds. The van der Waals surface area contributed by atoms with Crippen molar-refractivity contribution >= 4 is 17.4 Å². The molecular weight excluding hydrogens is 336 g/mol. The third kappa shape index (κ3) is 5.16. The number of rotatable bonds is 5. The van der Waals surface area contributed by atoms with Gasteiger partial charge in [0.1, 0.15) is 0 Å². The molecule has 3 aliphatic rings. The fourth-order valence-electron chi connectivity index (χ4n) is 4.93. The minimum absolute atomic E-state index is 0.0668. The highest BCUT2D eigenvalue weighted by Crippen LogP contribution is 2.27. The van der Waals surface area contributed by atoms with E-state index in [2.05, 4.69) is 32.6 Å². The van der Waals surface area contributed by atoms with Crippen molar-refractivity contribution in [3.8, 4) is 0 Å². The lowest BCUT2D eigenvalue weighted by Gasteiger charge is -2.33. The molecule has 1 aliphatic carbocycles. The van der Waals surface area contributed by atoms with Crippen LogP contribution in [0.4, 0.5) is 16.2 Å². The second-order valence-corrected chi connectivity index (χ2v) is 8.57. The Bertz CT molecular complexity index is 614. The maximum absolute atomic E-state index is 12.4. The van der Waals surface area contributed by atoms with Crippen molar-refractivity contribution in [2.75, 3.05) is 42.9 Å². The Morgan fingerprint density at radius 3 is 2.44 bits per heavy atom. The summed E-state index contributed by atoms with van der Waals surface area (Å²) in [6.45, 7) is 5.74. The summed E-state index contributed by atoms with van der Waals surface area (Å²) in [6, 6.07) is 8.46. The van der Waals surface area contributed by atoms with Crippen molar-refractivity contribution < 1.29 is 4.79 Å². The zero-order valence-corrected chi connectivity index (χ0v) is 16.5. The van der Waals surface area contributed by atoms with E-state index in [0.29, 0.717) is 6.04 Å². The van der Waals surface area contributed by atoms with Crippen LogP contribution in [-0.2, 0) is 0 Å². The van der Waals surface area contributed by atoms with Crippen LogP contribution in [0.2, 0.25) is 0 Å². The molecule has 0 bridgehead atoms. The van der Waals surface area contributed by atoms with Crippen molar-refractivity contribution in [3.05, 3.63) is 24.3 Å². The molecule has 2 saturated heterocycles. The molecule has 1 aromatic carbocycles. The van der Waals surface area contributed by atoms with Crippen LogP contribution in [-0.4, -0.2) is 49.7 Å². The van der Waals surface area contributed by atoms with Crippen molar-refractivity contribution in [1.82, 2.24) is 10.2 Å². The highest BCUT2D eigenvalue weighted by Gasteiger charge is 2.24. The third-order valence-corrected chi connectivity index (χ3v) is 6.49. The van der Waals surface area contributed by atoms with Crippen molar-refractivity contribution in [2.45, 2.75) is 57.4 Å². The van der Waals surface area contributed by atoms with Crippen LogP contribution in [0, 0.1) is 5.92 Å². The van der Waals surface area contributed by atoms with Crippen LogP contribution in [0.15, 0.2) is 24.3 Å². The number of likely N-dealkylation sites (tertiary alicyclic amines) is 1. The summed E-state index contributed by atoms with van der Waals surface area (Å²) in [5.74, 6) is 0.917. The molecule has 1 saturated carbocycles. The Morgan fingerprint density at radius 1 is 0.963 bits per heavy atom. The van der Waals surface area contributed by atoms with Crippen molar-refractivity contribution in [3.63, 3.8) is 0 Å². The molecule has 3 fully saturated rings. The average Bonchev–Trinajstić information content (AvgIpc) is 3.37. The largest absolute Gasteiger partial charge is 0.371 e. The minimum Gasteiger partial charge on any atom is -0.371 e. The van der Waals surface area contributed by atoms with Gasteiger partial charge in [-0.2, -0.15) is 0 Å². The zero-order chi connectivity index (χ0) is 18.5. The molecule has 0 unspecified atom stereocenters. The first-order chi connectivity index (χ1) is 13.3. The molecular formula is C22H34N4O. The predicted octanol–water partition coefficient (Wildman–Crippen LogP) is 4.06. The fraction of sp³-hybridized carbons (Fsp3) is 0.682. The van der Waals surface area contributed by atoms with Crippen LogP contribution in [0.25, 0.3) is 0 Å². The molecule has 5 nitrogen and oxygen atoms in total. The summed E-state index contributed by atoms with van der Waals surface area (Å²) in [6.07, 6.45) is 10.3. The van der Waals surface area contributed by atoms with Gasteiger partial charge in [-0.15, -0.1) is 0 Å². The van der Waals surface area contributed by atoms with E-state index >= 15 is 0 Å². The van der Waals surface area contributed by atoms with Gasteiger partial charge in [0.15, 0.2) is 0 Å². The van der Waals surface area contributed by atoms with E-state index in [-0.39, 0.29) is 6.03 Å². The molecule has 0 atom stereocenters. The Hall–Kier alpha value is -1.75. The van der Waals surface area contributed by atoms with Gasteiger partial charge in [-0.25, -0.2) is 4.79 Å². The van der Waals surface area contributed by atoms with E-state index in [9.17, 15) is 4.79 Å². The summed E-state index contributed by atoms with van der Waals surface area (Å²) >= 11 is 0. The van der Waals surface area contributed by atoms with E-state index < -0.39 is 0 Å². The Labute approximate surface area is 163 Å². The van der Waals surface area contributed by atoms with Gasteiger partial charge in [-0.05, 0) is 62.6 Å². The summed E-state index contributed by atoms with van der Waals surface area (Å²) in [4.78, 5) is 17.4. The maximum Gasteiger partial charge on any atom is 0.319 e. The maximum atomic E-state index is 12.4. The summed E-state index contributed by atoms with van der Waals surface area (Å²) in [5, 5.41) is 6.21. The number of anilines is 2. The topological polar surface area (TPSA) is 47.6 Å². The highest BCUT2D eigenvalue weighted by molar-refractivity contribution is 5.90. The first kappa shape index (κ1) is 18.6. The first-order valence-electron chi connectivity index (χ1n) is 10.9. The Morgan fingerprint density at radius 2 is 1.70 bits per heavy atom. The van der Waals surface area contributed by atoms with Crippen LogP contribution in [0.3, 0.4) is 0 Å². The number of piperidine rings is 1. The number of nitrogens with one attached hydrogen (secondary N) is 2. The number of hydrogen-bond donors (Lipinski definition) is 2. The number of benzene rings is 1. The van der Waals surface area contributed by atoms with Gasteiger partial charge >= 0.3 is 6.03 Å². The number of hydrogen-bond acceptors (Lipinski definition) is 3. The van der Waals surface area contributed by atoms with E-state index in [1.54, 1.807) is 0 Å². The molecule has 0 aromatic heterocycles. The van der Waals surface area contributed by atoms with Crippen LogP contribution in [0.5, 0.6) is 0 Å². The van der Waals surface area contributed by atoms with Crippen molar-refractivity contribution in [2.24, 2.45) is 5.92 Å². The first-order valence-corrected chi connectivity index (χ1v) is 10.9. The Balaban J connectivity index is 1.21. The normalized spacial score (nSPS) is 22.3. The smallest absolute Gasteiger partial charge is 0.319 e. The summed E-state index contributed by atoms with van der Waals surface area (Å²) < 4.78 is 0. The molecule has 0 radical (unpaired) electrons. The number of nitrogens with zero attached hydrogens (tertiary/aromatic N) is 2. The molecule has 1 aromatic rings. The average molecular weight is 371 g/mol. The number of carbonyl (C=O) groups excluding carboxylic acids is 1. The lowest BCUT2D eigenvalue weighted by atomic mass is 10.0. The molecule has 2 heterocycles. The SMILES string of the molecule is O=C(Nc1cccc(N2CCCC2)c1)NC1CCN(CC2CCCC2)CC1. The summed E-state index contributed by atoms with van der Waals surface area (Å²) in [5.41, 5.74) is 2.10. The van der Waals surface area contributed by atoms with E-state index in [1.165, 1.54) is 50.8 Å². The zero-order valence-electron chi connectivity index (χ0n) is 16.5. The predicted molar refractivity (Wildman–Crippen MR) is 111 cm³/mol. The van der Waals surface area contributed by atoms with Gasteiger partial charge in [0.05, 0.1) is 0 Å². The molecule has 0 spiro atoms. The van der Waals surface area contributed by atoms with Gasteiger partial charge in [-0.1, -0.05) is 18.9 Å². The van der Waals surface area contributed by atoms with Gasteiger partial charge in [0.2, 0.25) is 0 Å². The number of amides is 2. The number of carbonyl (C=O) groups is 1. The van der Waals surface area contributed by atoms with E-state index in [1.807, 2.05) is 12.1 Å². The van der Waals surface area contributed by atoms with Crippen LogP contribution >= 0.6 is 0 Å². The standard InChI is InChI=1S/C22H34N4O/c27-22(24-20-8-5-9-21(16-20)26-12-3-4-13-26)23-19-10-14-25(15-11-19)17-18-6-1-2-7-18/h5,8-9,16,18-19H,1-4,6-7,10-15,17H2,(H2,23,24,27). The second-order valence-electron chi connectivity index (χ2n) is 8.57. The summed E-state index contributed by atoms with van der Waals surface area (Å²) in [7, 11) is 0. The van der Waals surface area contributed by atoms with Gasteiger partial charge in [0, 0.05) is 50.1 Å². The Kier molecular flexibility index (Phi) is 6.17. The van der Waals surface area contributed by atoms with Gasteiger partial charge in [-0.3, -0.25) is 0 Å². The second kappa shape index (κ2) is 8.96. The third-order valence-electron chi connectivity index (χ3n) is 6.49. The lowest BCUT2D eigenvalue weighted by molar-refractivity contribution is 0.173. The monoisotopic (exact) mass is 370 g/mol. The van der Waals surface area contributed by atoms with E-state index in [0.717, 1.165) is 50.6 Å². The molecule has 4 rings (SSSR count). The molecule has 2 aliphatic heterocycles. The fourth-order valence-corrected chi connectivity index (χ4v) is 4.93. The number of urea groups is 1. The van der Waals surface area contributed by atoms with Crippen LogP contribution < -0.4 is 15.5 Å². The minimum atomic E-state index is -0.0668. The molecule has 148 valence electrons. The van der Waals surface area contributed by atoms with Crippen molar-refractivity contribution in [1.29, 1.82) is 0 Å². The lowest BCUT2D eigenvalue weighted by Crippen LogP contribution is -2.46. The van der Waals surface area contributed by atoms with E-state index in [4.69, 9.17) is 0 Å². The molecule has 2 N–H and O–H groups in total. The molecule has 27 heavy (non-hydrogen) atoms. The van der Waals surface area contributed by atoms with Crippen LogP contribution in [0.1, 0.15) is 51.4 Å². The van der Waals surface area contributed by atoms with Gasteiger partial charge in [0.25, 0.3) is 0 Å².